The lowest BCUT2D eigenvalue weighted by molar-refractivity contribution is 0.123. The lowest BCUT2D eigenvalue weighted by Gasteiger charge is -2.38. The molecule has 1 N–H and O–H groups in total. The highest BCUT2D eigenvalue weighted by Gasteiger charge is 2.28. The second-order valence-corrected chi connectivity index (χ2v) is 6.57. The fourth-order valence-corrected chi connectivity index (χ4v) is 3.01. The molecule has 3 heteroatoms. The summed E-state index contributed by atoms with van der Waals surface area (Å²) in [5, 5.41) is 3.18. The van der Waals surface area contributed by atoms with Gasteiger partial charge < -0.3 is 5.32 Å². The fraction of sp³-hybridized carbons (Fsp3) is 0.688. The van der Waals surface area contributed by atoms with E-state index >= 15 is 0 Å². The van der Waals surface area contributed by atoms with Gasteiger partial charge in [0.1, 0.15) is 5.82 Å². The van der Waals surface area contributed by atoms with Crippen LogP contribution in [-0.4, -0.2) is 30.0 Å². The van der Waals surface area contributed by atoms with Gasteiger partial charge in [-0.05, 0) is 44.2 Å². The van der Waals surface area contributed by atoms with Gasteiger partial charge in [0.2, 0.25) is 0 Å². The van der Waals surface area contributed by atoms with Gasteiger partial charge in [0.05, 0.1) is 0 Å². The van der Waals surface area contributed by atoms with Gasteiger partial charge in [0.15, 0.2) is 0 Å². The summed E-state index contributed by atoms with van der Waals surface area (Å²) in [5.41, 5.74) is 1.83. The van der Waals surface area contributed by atoms with E-state index in [0.29, 0.717) is 5.41 Å². The van der Waals surface area contributed by atoms with Crippen molar-refractivity contribution in [1.29, 1.82) is 0 Å². The number of aromatic nitrogens is 1. The van der Waals surface area contributed by atoms with Crippen LogP contribution in [0.5, 0.6) is 0 Å². The first kappa shape index (κ1) is 14.3. The molecule has 1 aromatic heterocycles. The zero-order valence-electron chi connectivity index (χ0n) is 12.7. The van der Waals surface area contributed by atoms with Gasteiger partial charge in [0.25, 0.3) is 0 Å². The van der Waals surface area contributed by atoms with Crippen molar-refractivity contribution >= 4 is 5.82 Å². The van der Waals surface area contributed by atoms with E-state index in [1.807, 2.05) is 19.3 Å². The Bertz CT molecular complexity index is 404. The summed E-state index contributed by atoms with van der Waals surface area (Å²) in [5.74, 6) is 1.01. The minimum Gasteiger partial charge on any atom is -0.373 e. The number of nitrogens with zero attached hydrogens (tertiary/aromatic N) is 2. The lowest BCUT2D eigenvalue weighted by Crippen LogP contribution is -2.36. The molecular weight excluding hydrogens is 234 g/mol. The van der Waals surface area contributed by atoms with Gasteiger partial charge in [-0.15, -0.1) is 0 Å². The van der Waals surface area contributed by atoms with E-state index in [2.05, 4.69) is 42.2 Å². The average Bonchev–Trinajstić information content (AvgIpc) is 2.39. The van der Waals surface area contributed by atoms with Crippen LogP contribution in [0.4, 0.5) is 5.82 Å². The Hall–Kier alpha value is -1.09. The van der Waals surface area contributed by atoms with Crippen molar-refractivity contribution in [2.24, 2.45) is 5.41 Å². The van der Waals surface area contributed by atoms with Gasteiger partial charge in [0, 0.05) is 31.4 Å². The van der Waals surface area contributed by atoms with Crippen molar-refractivity contribution in [3.05, 3.63) is 23.9 Å². The topological polar surface area (TPSA) is 28.2 Å². The number of hydrogen-bond acceptors (Lipinski definition) is 3. The predicted octanol–water partition coefficient (Wildman–Crippen LogP) is 3.52. The molecule has 19 heavy (non-hydrogen) atoms. The van der Waals surface area contributed by atoms with Crippen LogP contribution in [0.15, 0.2) is 18.3 Å². The maximum Gasteiger partial charge on any atom is 0.130 e. The third-order valence-corrected chi connectivity index (χ3v) is 4.48. The molecule has 1 aliphatic carbocycles. The van der Waals surface area contributed by atoms with Crippen LogP contribution in [0.3, 0.4) is 0 Å². The first-order valence-electron chi connectivity index (χ1n) is 7.34. The molecule has 3 nitrogen and oxygen atoms in total. The van der Waals surface area contributed by atoms with E-state index in [0.717, 1.165) is 18.4 Å². The van der Waals surface area contributed by atoms with E-state index in [-0.39, 0.29) is 0 Å². The molecule has 1 aliphatic rings. The van der Waals surface area contributed by atoms with Crippen molar-refractivity contribution in [3.8, 4) is 0 Å². The number of anilines is 1. The lowest BCUT2D eigenvalue weighted by atomic mass is 9.75. The van der Waals surface area contributed by atoms with E-state index < -0.39 is 0 Å². The molecular formula is C16H27N3. The number of nitrogens with one attached hydrogen (secondary N) is 1. The second-order valence-electron chi connectivity index (χ2n) is 6.57. The van der Waals surface area contributed by atoms with Crippen molar-refractivity contribution in [3.63, 3.8) is 0 Å². The van der Waals surface area contributed by atoms with Gasteiger partial charge in [-0.3, -0.25) is 4.90 Å². The highest BCUT2D eigenvalue weighted by atomic mass is 15.1. The zero-order valence-corrected chi connectivity index (χ0v) is 12.7. The number of pyridine rings is 1. The third kappa shape index (κ3) is 3.69. The number of rotatable bonds is 4. The molecule has 0 spiro atoms. The molecule has 0 aromatic carbocycles. The molecule has 0 unspecified atom stereocenters. The summed E-state index contributed by atoms with van der Waals surface area (Å²) in [6.07, 6.45) is 7.16. The maximum absolute atomic E-state index is 4.38. The Kier molecular flexibility index (Phi) is 4.46. The summed E-state index contributed by atoms with van der Waals surface area (Å²) in [4.78, 5) is 6.87. The normalized spacial score (nSPS) is 19.6. The van der Waals surface area contributed by atoms with Crippen molar-refractivity contribution in [1.82, 2.24) is 9.88 Å². The van der Waals surface area contributed by atoms with Crippen LogP contribution >= 0.6 is 0 Å². The maximum atomic E-state index is 4.38. The molecule has 0 aliphatic heterocycles. The Labute approximate surface area is 117 Å². The molecule has 1 saturated carbocycles. The SMILES string of the molecule is CNc1ncccc1CN(C)C1CCC(C)(C)CC1. The van der Waals surface area contributed by atoms with Crippen molar-refractivity contribution in [2.75, 3.05) is 19.4 Å². The monoisotopic (exact) mass is 261 g/mol. The molecule has 106 valence electrons. The summed E-state index contributed by atoms with van der Waals surface area (Å²) < 4.78 is 0. The summed E-state index contributed by atoms with van der Waals surface area (Å²) in [6.45, 7) is 5.77. The quantitative estimate of drug-likeness (QED) is 0.899. The van der Waals surface area contributed by atoms with Crippen LogP contribution in [-0.2, 0) is 6.54 Å². The molecule has 2 rings (SSSR count). The predicted molar refractivity (Wildman–Crippen MR) is 81.3 cm³/mol. The van der Waals surface area contributed by atoms with Crippen molar-refractivity contribution < 1.29 is 0 Å². The molecule has 1 heterocycles. The Morgan fingerprint density at radius 2 is 2.05 bits per heavy atom. The first-order chi connectivity index (χ1) is 9.02. The first-order valence-corrected chi connectivity index (χ1v) is 7.34. The van der Waals surface area contributed by atoms with E-state index in [1.54, 1.807) is 0 Å². The average molecular weight is 261 g/mol. The van der Waals surface area contributed by atoms with Crippen LogP contribution in [0.2, 0.25) is 0 Å². The second kappa shape index (κ2) is 5.91. The summed E-state index contributed by atoms with van der Waals surface area (Å²) >= 11 is 0. The van der Waals surface area contributed by atoms with Gasteiger partial charge in [-0.25, -0.2) is 4.98 Å². The van der Waals surface area contributed by atoms with Crippen LogP contribution in [0.25, 0.3) is 0 Å². The molecule has 0 atom stereocenters. The van der Waals surface area contributed by atoms with Gasteiger partial charge >= 0.3 is 0 Å². The molecule has 0 amide bonds. The van der Waals surface area contributed by atoms with Gasteiger partial charge in [-0.1, -0.05) is 19.9 Å². The molecule has 1 aromatic rings. The van der Waals surface area contributed by atoms with E-state index in [1.165, 1.54) is 31.2 Å². The van der Waals surface area contributed by atoms with E-state index in [4.69, 9.17) is 0 Å². The smallest absolute Gasteiger partial charge is 0.130 e. The fourth-order valence-electron chi connectivity index (χ4n) is 3.01. The molecule has 0 saturated heterocycles. The zero-order chi connectivity index (χ0) is 13.9. The Balaban J connectivity index is 1.96. The summed E-state index contributed by atoms with van der Waals surface area (Å²) in [7, 11) is 4.18. The highest BCUT2D eigenvalue weighted by molar-refractivity contribution is 5.42. The third-order valence-electron chi connectivity index (χ3n) is 4.48. The molecule has 0 bridgehead atoms. The standard InChI is InChI=1S/C16H27N3/c1-16(2)9-7-14(8-10-16)19(4)12-13-6-5-11-18-15(13)17-3/h5-6,11,14H,7-10,12H2,1-4H3,(H,17,18). The highest BCUT2D eigenvalue weighted by Crippen LogP contribution is 2.37. The largest absolute Gasteiger partial charge is 0.373 e. The molecule has 1 fully saturated rings. The van der Waals surface area contributed by atoms with Crippen LogP contribution in [0.1, 0.15) is 45.1 Å². The van der Waals surface area contributed by atoms with Crippen LogP contribution in [0, 0.1) is 5.41 Å². The van der Waals surface area contributed by atoms with Gasteiger partial charge in [-0.2, -0.15) is 0 Å². The summed E-state index contributed by atoms with van der Waals surface area (Å²) in [6, 6.07) is 4.91. The molecule has 0 radical (unpaired) electrons. The minimum atomic E-state index is 0.543. The van der Waals surface area contributed by atoms with Crippen LogP contribution < -0.4 is 5.32 Å². The van der Waals surface area contributed by atoms with E-state index in [9.17, 15) is 0 Å². The van der Waals surface area contributed by atoms with Crippen molar-refractivity contribution in [2.45, 2.75) is 52.1 Å². The number of hydrogen-bond donors (Lipinski definition) is 1. The Morgan fingerprint density at radius 3 is 2.68 bits per heavy atom. The Morgan fingerprint density at radius 1 is 1.37 bits per heavy atom. The minimum absolute atomic E-state index is 0.543.